The molecule has 1 fully saturated rings. The van der Waals surface area contributed by atoms with Crippen molar-refractivity contribution in [2.45, 2.75) is 6.10 Å². The van der Waals surface area contributed by atoms with Crippen molar-refractivity contribution in [3.8, 4) is 11.5 Å². The minimum Gasteiger partial charge on any atom is -0.485 e. The van der Waals surface area contributed by atoms with Gasteiger partial charge in [0.2, 0.25) is 12.1 Å². The normalized spacial score (nSPS) is 19.3. The number of para-hydroxylation sites is 2. The van der Waals surface area contributed by atoms with Crippen LogP contribution in [-0.2, 0) is 4.79 Å². The topological polar surface area (TPSA) is 93.8 Å². The van der Waals surface area contributed by atoms with E-state index < -0.39 is 6.10 Å². The van der Waals surface area contributed by atoms with Crippen molar-refractivity contribution in [3.05, 3.63) is 35.5 Å². The van der Waals surface area contributed by atoms with Crippen LogP contribution in [0.15, 0.2) is 30.3 Å². The van der Waals surface area contributed by atoms with Gasteiger partial charge < -0.3 is 25.0 Å². The first-order valence-electron chi connectivity index (χ1n) is 8.32. The van der Waals surface area contributed by atoms with E-state index in [-0.39, 0.29) is 18.5 Å². The van der Waals surface area contributed by atoms with Crippen LogP contribution in [0.4, 0.5) is 11.8 Å². The maximum Gasteiger partial charge on any atom is 0.267 e. The first kappa shape index (κ1) is 16.7. The lowest BCUT2D eigenvalue weighted by molar-refractivity contribution is -0.141. The van der Waals surface area contributed by atoms with Crippen LogP contribution in [0.25, 0.3) is 0 Å². The molecule has 2 aliphatic heterocycles. The summed E-state index contributed by atoms with van der Waals surface area (Å²) in [5, 5.41) is 0.303. The fourth-order valence-corrected chi connectivity index (χ4v) is 3.27. The number of amides is 1. The van der Waals surface area contributed by atoms with E-state index in [1.165, 1.54) is 0 Å². The summed E-state index contributed by atoms with van der Waals surface area (Å²) in [6.45, 7) is 2.59. The van der Waals surface area contributed by atoms with Gasteiger partial charge in [-0.1, -0.05) is 23.7 Å². The Morgan fingerprint density at radius 2 is 1.88 bits per heavy atom. The van der Waals surface area contributed by atoms with Crippen LogP contribution in [0, 0.1) is 0 Å². The monoisotopic (exact) mass is 375 g/mol. The lowest BCUT2D eigenvalue weighted by Crippen LogP contribution is -2.54. The second kappa shape index (κ2) is 6.87. The van der Waals surface area contributed by atoms with Gasteiger partial charge in [0.05, 0.1) is 0 Å². The Balaban J connectivity index is 1.38. The van der Waals surface area contributed by atoms with Crippen LogP contribution < -0.4 is 20.1 Å². The Hall–Kier alpha value is -2.74. The van der Waals surface area contributed by atoms with E-state index in [9.17, 15) is 4.79 Å². The number of rotatable bonds is 2. The van der Waals surface area contributed by atoms with Crippen LogP contribution in [0.5, 0.6) is 11.5 Å². The Labute approximate surface area is 155 Å². The molecule has 0 spiro atoms. The Morgan fingerprint density at radius 3 is 2.62 bits per heavy atom. The van der Waals surface area contributed by atoms with Gasteiger partial charge in [0, 0.05) is 32.2 Å². The van der Waals surface area contributed by atoms with Crippen LogP contribution in [0.1, 0.15) is 0 Å². The molecular formula is C17H18ClN5O3. The Bertz CT molecular complexity index is 806. The number of nitrogen functional groups attached to an aromatic ring is 1. The van der Waals surface area contributed by atoms with Gasteiger partial charge in [0.1, 0.15) is 17.6 Å². The van der Waals surface area contributed by atoms with Gasteiger partial charge in [-0.2, -0.15) is 4.98 Å². The van der Waals surface area contributed by atoms with Crippen molar-refractivity contribution in [1.82, 2.24) is 14.9 Å². The van der Waals surface area contributed by atoms with E-state index in [4.69, 9.17) is 26.8 Å². The van der Waals surface area contributed by atoms with Gasteiger partial charge in [-0.05, 0) is 12.1 Å². The molecule has 0 unspecified atom stereocenters. The van der Waals surface area contributed by atoms with Crippen molar-refractivity contribution < 1.29 is 14.3 Å². The fourth-order valence-electron chi connectivity index (χ4n) is 3.09. The fraction of sp³-hybridized carbons (Fsp3) is 0.353. The minimum absolute atomic E-state index is 0.0700. The number of fused-ring (bicyclic) bond motifs is 1. The maximum absolute atomic E-state index is 12.8. The average molecular weight is 376 g/mol. The van der Waals surface area contributed by atoms with Gasteiger partial charge in [-0.25, -0.2) is 4.98 Å². The minimum atomic E-state index is -0.624. The van der Waals surface area contributed by atoms with E-state index in [0.29, 0.717) is 48.6 Å². The van der Waals surface area contributed by atoms with E-state index >= 15 is 0 Å². The number of nitrogens with two attached hydrogens (primary N) is 1. The summed E-state index contributed by atoms with van der Waals surface area (Å²) in [5.74, 6) is 2.00. The molecule has 9 heteroatoms. The number of ether oxygens (including phenoxy) is 2. The zero-order chi connectivity index (χ0) is 18.1. The highest BCUT2D eigenvalue weighted by Crippen LogP contribution is 2.31. The molecule has 8 nitrogen and oxygen atoms in total. The van der Waals surface area contributed by atoms with Gasteiger partial charge in [0.25, 0.3) is 5.91 Å². The Morgan fingerprint density at radius 1 is 1.15 bits per heavy atom. The zero-order valence-electron chi connectivity index (χ0n) is 14.0. The highest BCUT2D eigenvalue weighted by molar-refractivity contribution is 6.29. The number of aromatic nitrogens is 2. The maximum atomic E-state index is 12.8. The molecule has 3 heterocycles. The number of benzene rings is 1. The molecule has 0 bridgehead atoms. The molecule has 1 atom stereocenters. The smallest absolute Gasteiger partial charge is 0.267 e. The average Bonchev–Trinajstić information content (AvgIpc) is 2.66. The molecule has 1 aromatic carbocycles. The molecule has 0 radical (unpaired) electrons. The summed E-state index contributed by atoms with van der Waals surface area (Å²) in [6, 6.07) is 9.02. The number of carbonyl (C=O) groups excluding carboxylic acids is 1. The first-order valence-corrected chi connectivity index (χ1v) is 8.70. The van der Waals surface area contributed by atoms with Gasteiger partial charge in [0.15, 0.2) is 11.5 Å². The van der Waals surface area contributed by atoms with Crippen molar-refractivity contribution in [1.29, 1.82) is 0 Å². The van der Waals surface area contributed by atoms with Gasteiger partial charge >= 0.3 is 0 Å². The number of carbonyl (C=O) groups is 1. The predicted octanol–water partition coefficient (Wildman–Crippen LogP) is 1.20. The quantitative estimate of drug-likeness (QED) is 0.788. The van der Waals surface area contributed by atoms with Crippen LogP contribution in [0.2, 0.25) is 5.15 Å². The molecule has 0 aliphatic carbocycles. The van der Waals surface area contributed by atoms with E-state index in [1.807, 2.05) is 23.1 Å². The van der Waals surface area contributed by atoms with Gasteiger partial charge in [-0.3, -0.25) is 4.79 Å². The number of halogens is 1. The first-order chi connectivity index (χ1) is 12.6. The number of anilines is 2. The lowest BCUT2D eigenvalue weighted by atomic mass is 10.2. The largest absolute Gasteiger partial charge is 0.485 e. The third-order valence-corrected chi connectivity index (χ3v) is 4.59. The number of nitrogens with zero attached hydrogens (tertiary/aromatic N) is 4. The molecule has 0 saturated carbocycles. The van der Waals surface area contributed by atoms with Crippen molar-refractivity contribution in [2.75, 3.05) is 43.4 Å². The molecular weight excluding hydrogens is 358 g/mol. The second-order valence-electron chi connectivity index (χ2n) is 6.08. The number of piperazine rings is 1. The second-order valence-corrected chi connectivity index (χ2v) is 6.47. The molecule has 1 saturated heterocycles. The predicted molar refractivity (Wildman–Crippen MR) is 96.6 cm³/mol. The highest BCUT2D eigenvalue weighted by Gasteiger charge is 2.32. The molecule has 1 amide bonds. The third kappa shape index (κ3) is 3.32. The van der Waals surface area contributed by atoms with Crippen molar-refractivity contribution >= 4 is 29.3 Å². The van der Waals surface area contributed by atoms with Crippen LogP contribution in [-0.4, -0.2) is 59.7 Å². The summed E-state index contributed by atoms with van der Waals surface area (Å²) >= 11 is 5.94. The standard InChI is InChI=1S/C17H18ClN5O3/c18-14-9-15(21-17(19)20-14)22-5-7-23(8-6-22)16(24)13-10-25-11-3-1-2-4-12(11)26-13/h1-4,9,13H,5-8,10H2,(H2,19,20,21)/t13-/m1/s1. The SMILES string of the molecule is Nc1nc(Cl)cc(N2CCN(C(=O)[C@H]3COc4ccccc4O3)CC2)n1. The van der Waals surface area contributed by atoms with Crippen molar-refractivity contribution in [2.24, 2.45) is 0 Å². The van der Waals surface area contributed by atoms with E-state index in [1.54, 1.807) is 17.0 Å². The lowest BCUT2D eigenvalue weighted by Gasteiger charge is -2.37. The van der Waals surface area contributed by atoms with E-state index in [2.05, 4.69) is 9.97 Å². The highest BCUT2D eigenvalue weighted by atomic mass is 35.5. The molecule has 1 aromatic heterocycles. The summed E-state index contributed by atoms with van der Waals surface area (Å²) < 4.78 is 11.4. The number of hydrogen-bond acceptors (Lipinski definition) is 7. The summed E-state index contributed by atoms with van der Waals surface area (Å²) in [5.41, 5.74) is 5.65. The molecule has 136 valence electrons. The molecule has 26 heavy (non-hydrogen) atoms. The summed E-state index contributed by atoms with van der Waals surface area (Å²) in [7, 11) is 0. The zero-order valence-corrected chi connectivity index (χ0v) is 14.7. The molecule has 2 aromatic rings. The molecule has 4 rings (SSSR count). The third-order valence-electron chi connectivity index (χ3n) is 4.40. The molecule has 2 aliphatic rings. The van der Waals surface area contributed by atoms with E-state index in [0.717, 1.165) is 0 Å². The molecule has 2 N–H and O–H groups in total. The summed E-state index contributed by atoms with van der Waals surface area (Å²) in [4.78, 5) is 24.6. The van der Waals surface area contributed by atoms with Crippen LogP contribution >= 0.6 is 11.6 Å². The van der Waals surface area contributed by atoms with Crippen LogP contribution in [0.3, 0.4) is 0 Å². The van der Waals surface area contributed by atoms with Gasteiger partial charge in [-0.15, -0.1) is 0 Å². The summed E-state index contributed by atoms with van der Waals surface area (Å²) in [6.07, 6.45) is -0.624. The Kier molecular flexibility index (Phi) is 4.42. The van der Waals surface area contributed by atoms with Crippen molar-refractivity contribution in [3.63, 3.8) is 0 Å². The number of hydrogen-bond donors (Lipinski definition) is 1.